The van der Waals surface area contributed by atoms with Crippen molar-refractivity contribution >= 4 is 18.4 Å². The van der Waals surface area contributed by atoms with Crippen LogP contribution in [-0.4, -0.2) is 36.6 Å². The van der Waals surface area contributed by atoms with Crippen molar-refractivity contribution in [1.29, 1.82) is 0 Å². The van der Waals surface area contributed by atoms with Gasteiger partial charge < -0.3 is 10.5 Å². The minimum absolute atomic E-state index is 0. The van der Waals surface area contributed by atoms with Gasteiger partial charge in [-0.05, 0) is 31.5 Å². The molecule has 0 atom stereocenters. The van der Waals surface area contributed by atoms with Gasteiger partial charge in [0.2, 0.25) is 0 Å². The number of halogens is 3. The highest BCUT2D eigenvalue weighted by molar-refractivity contribution is 5.85. The molecule has 0 aliphatic rings. The van der Waals surface area contributed by atoms with Crippen molar-refractivity contribution in [2.24, 2.45) is 5.73 Å². The van der Waals surface area contributed by atoms with E-state index in [9.17, 15) is 13.6 Å². The maximum Gasteiger partial charge on any atom is 0.319 e. The van der Waals surface area contributed by atoms with Crippen LogP contribution in [0.15, 0.2) is 18.2 Å². The fourth-order valence-electron chi connectivity index (χ4n) is 1.89. The Hall–Kier alpha value is -1.24. The van der Waals surface area contributed by atoms with Gasteiger partial charge in [-0.25, -0.2) is 8.78 Å². The van der Waals surface area contributed by atoms with Crippen LogP contribution < -0.4 is 5.73 Å². The first-order valence-corrected chi connectivity index (χ1v) is 6.23. The summed E-state index contributed by atoms with van der Waals surface area (Å²) in [6, 6.07) is 3.66. The molecular formula is C14H21ClF2N2O2. The van der Waals surface area contributed by atoms with Crippen LogP contribution in [0.5, 0.6) is 0 Å². The number of esters is 1. The number of hydrogen-bond donors (Lipinski definition) is 1. The largest absolute Gasteiger partial charge is 0.468 e. The molecule has 1 rings (SSSR count). The normalized spacial score (nSPS) is 11.2. The lowest BCUT2D eigenvalue weighted by Crippen LogP contribution is -2.46. The number of carbonyl (C=O) groups excluding carboxylic acids is 1. The Morgan fingerprint density at radius 1 is 1.33 bits per heavy atom. The Labute approximate surface area is 129 Å². The van der Waals surface area contributed by atoms with Gasteiger partial charge in [0.05, 0.1) is 13.7 Å². The SMILES string of the molecule is COC(=O)CN(Cc1ccc(F)c(F)c1)CC(C)(C)N.Cl. The zero-order chi connectivity index (χ0) is 15.3. The third-order valence-corrected chi connectivity index (χ3v) is 2.60. The summed E-state index contributed by atoms with van der Waals surface area (Å²) in [4.78, 5) is 13.1. The van der Waals surface area contributed by atoms with E-state index >= 15 is 0 Å². The van der Waals surface area contributed by atoms with Gasteiger partial charge >= 0.3 is 5.97 Å². The van der Waals surface area contributed by atoms with Crippen LogP contribution in [0.1, 0.15) is 19.4 Å². The molecule has 7 heteroatoms. The minimum atomic E-state index is -0.910. The molecule has 1 aromatic carbocycles. The molecule has 0 radical (unpaired) electrons. The van der Waals surface area contributed by atoms with Crippen LogP contribution in [0.2, 0.25) is 0 Å². The van der Waals surface area contributed by atoms with Crippen molar-refractivity contribution < 1.29 is 18.3 Å². The smallest absolute Gasteiger partial charge is 0.319 e. The summed E-state index contributed by atoms with van der Waals surface area (Å²) in [6.07, 6.45) is 0. The molecule has 0 amide bonds. The number of ether oxygens (including phenoxy) is 1. The zero-order valence-corrected chi connectivity index (χ0v) is 13.2. The van der Waals surface area contributed by atoms with E-state index in [-0.39, 0.29) is 25.5 Å². The lowest BCUT2D eigenvalue weighted by molar-refractivity contribution is -0.142. The highest BCUT2D eigenvalue weighted by Crippen LogP contribution is 2.12. The summed E-state index contributed by atoms with van der Waals surface area (Å²) in [5.41, 5.74) is 5.98. The molecule has 120 valence electrons. The molecule has 0 bridgehead atoms. The average molecular weight is 323 g/mol. The number of benzene rings is 1. The lowest BCUT2D eigenvalue weighted by atomic mass is 10.1. The average Bonchev–Trinajstić information content (AvgIpc) is 2.31. The molecule has 0 spiro atoms. The number of methoxy groups -OCH3 is 1. The van der Waals surface area contributed by atoms with E-state index in [0.29, 0.717) is 12.1 Å². The number of nitrogens with zero attached hydrogens (tertiary/aromatic N) is 1. The van der Waals surface area contributed by atoms with Gasteiger partial charge in [0.1, 0.15) is 0 Å². The zero-order valence-electron chi connectivity index (χ0n) is 12.4. The van der Waals surface area contributed by atoms with Crippen molar-refractivity contribution in [3.63, 3.8) is 0 Å². The van der Waals surface area contributed by atoms with Crippen LogP contribution in [0, 0.1) is 11.6 Å². The number of hydrogen-bond acceptors (Lipinski definition) is 4. The Morgan fingerprint density at radius 3 is 2.43 bits per heavy atom. The van der Waals surface area contributed by atoms with Gasteiger partial charge in [-0.3, -0.25) is 9.69 Å². The summed E-state index contributed by atoms with van der Waals surface area (Å²) in [5, 5.41) is 0. The predicted octanol–water partition coefficient (Wildman–Crippen LogP) is 2.10. The number of carbonyl (C=O) groups is 1. The topological polar surface area (TPSA) is 55.6 Å². The van der Waals surface area contributed by atoms with Gasteiger partial charge in [-0.1, -0.05) is 6.07 Å². The van der Waals surface area contributed by atoms with Gasteiger partial charge in [-0.2, -0.15) is 0 Å². The van der Waals surface area contributed by atoms with E-state index < -0.39 is 23.1 Å². The molecular weight excluding hydrogens is 302 g/mol. The Morgan fingerprint density at radius 2 is 1.95 bits per heavy atom. The molecule has 0 unspecified atom stereocenters. The highest BCUT2D eigenvalue weighted by atomic mass is 35.5. The summed E-state index contributed by atoms with van der Waals surface area (Å²) in [7, 11) is 1.30. The molecule has 0 fully saturated rings. The molecule has 0 aromatic heterocycles. The second kappa shape index (κ2) is 8.26. The summed E-state index contributed by atoms with van der Waals surface area (Å²) >= 11 is 0. The van der Waals surface area contributed by atoms with E-state index in [1.807, 2.05) is 13.8 Å². The molecule has 0 aliphatic heterocycles. The lowest BCUT2D eigenvalue weighted by Gasteiger charge is -2.29. The fourth-order valence-corrected chi connectivity index (χ4v) is 1.89. The fraction of sp³-hybridized carbons (Fsp3) is 0.500. The predicted molar refractivity (Wildman–Crippen MR) is 79.2 cm³/mol. The molecule has 0 heterocycles. The van der Waals surface area contributed by atoms with Crippen molar-refractivity contribution in [2.75, 3.05) is 20.2 Å². The van der Waals surface area contributed by atoms with E-state index in [1.165, 1.54) is 13.2 Å². The van der Waals surface area contributed by atoms with E-state index in [2.05, 4.69) is 4.74 Å². The van der Waals surface area contributed by atoms with Crippen LogP contribution in [-0.2, 0) is 16.1 Å². The molecule has 2 N–H and O–H groups in total. The maximum absolute atomic E-state index is 13.2. The first-order chi connectivity index (χ1) is 9.21. The second-order valence-electron chi connectivity index (χ2n) is 5.46. The molecule has 1 aromatic rings. The van der Waals surface area contributed by atoms with Gasteiger partial charge in [0.15, 0.2) is 11.6 Å². The third kappa shape index (κ3) is 7.36. The van der Waals surface area contributed by atoms with Crippen LogP contribution in [0.4, 0.5) is 8.78 Å². The van der Waals surface area contributed by atoms with Crippen LogP contribution >= 0.6 is 12.4 Å². The van der Waals surface area contributed by atoms with Crippen LogP contribution in [0.25, 0.3) is 0 Å². The van der Waals surface area contributed by atoms with Gasteiger partial charge in [-0.15, -0.1) is 12.4 Å². The van der Waals surface area contributed by atoms with Crippen molar-refractivity contribution in [3.05, 3.63) is 35.4 Å². The van der Waals surface area contributed by atoms with Gasteiger partial charge in [0, 0.05) is 18.6 Å². The minimum Gasteiger partial charge on any atom is -0.468 e. The quantitative estimate of drug-likeness (QED) is 0.815. The van der Waals surface area contributed by atoms with E-state index in [0.717, 1.165) is 12.1 Å². The number of rotatable bonds is 6. The standard InChI is InChI=1S/C14H20F2N2O2.ClH/c1-14(2,17)9-18(8-13(19)20-3)7-10-4-5-11(15)12(16)6-10;/h4-6H,7-9,17H2,1-3H3;1H. The molecule has 0 saturated heterocycles. The first kappa shape index (κ1) is 19.8. The molecule has 4 nitrogen and oxygen atoms in total. The van der Waals surface area contributed by atoms with E-state index in [4.69, 9.17) is 5.73 Å². The van der Waals surface area contributed by atoms with Crippen molar-refractivity contribution in [1.82, 2.24) is 4.90 Å². The third-order valence-electron chi connectivity index (χ3n) is 2.60. The number of nitrogens with two attached hydrogens (primary N) is 1. The van der Waals surface area contributed by atoms with Crippen molar-refractivity contribution in [2.45, 2.75) is 25.9 Å². The second-order valence-corrected chi connectivity index (χ2v) is 5.46. The summed E-state index contributed by atoms with van der Waals surface area (Å²) in [6.45, 7) is 4.38. The Kier molecular flexibility index (Phi) is 7.78. The van der Waals surface area contributed by atoms with Crippen molar-refractivity contribution in [3.8, 4) is 0 Å². The Bertz CT molecular complexity index is 479. The van der Waals surface area contributed by atoms with Crippen LogP contribution in [0.3, 0.4) is 0 Å². The summed E-state index contributed by atoms with van der Waals surface area (Å²) < 4.78 is 30.7. The molecule has 0 aliphatic carbocycles. The first-order valence-electron chi connectivity index (χ1n) is 6.23. The highest BCUT2D eigenvalue weighted by Gasteiger charge is 2.20. The monoisotopic (exact) mass is 322 g/mol. The molecule has 21 heavy (non-hydrogen) atoms. The Balaban J connectivity index is 0.00000400. The van der Waals surface area contributed by atoms with E-state index in [1.54, 1.807) is 4.90 Å². The maximum atomic E-state index is 13.2. The van der Waals surface area contributed by atoms with Gasteiger partial charge in [0.25, 0.3) is 0 Å². The summed E-state index contributed by atoms with van der Waals surface area (Å²) in [5.74, 6) is -2.21. The molecule has 0 saturated carbocycles.